The molecule has 2 aromatic heterocycles. The van der Waals surface area contributed by atoms with Crippen LogP contribution in [0.2, 0.25) is 5.02 Å². The van der Waals surface area contributed by atoms with Gasteiger partial charge in [-0.2, -0.15) is 4.98 Å². The molecule has 2 heterocycles. The number of amides is 1. The van der Waals surface area contributed by atoms with Gasteiger partial charge < -0.3 is 4.74 Å². The fraction of sp³-hybridized carbons (Fsp3) is 0. The van der Waals surface area contributed by atoms with Crippen LogP contribution in [0.3, 0.4) is 0 Å². The van der Waals surface area contributed by atoms with Gasteiger partial charge in [0.05, 0.1) is 11.1 Å². The Kier molecular flexibility index (Phi) is 5.38. The topological polar surface area (TPSA) is 132 Å². The zero-order chi connectivity index (χ0) is 19.2. The van der Waals surface area contributed by atoms with Crippen molar-refractivity contribution >= 4 is 29.0 Å². The van der Waals surface area contributed by atoms with Gasteiger partial charge in [0.15, 0.2) is 0 Å². The predicted octanol–water partition coefficient (Wildman–Crippen LogP) is 2.98. The molecule has 0 atom stereocenters. The monoisotopic (exact) mass is 386 g/mol. The summed E-state index contributed by atoms with van der Waals surface area (Å²) in [6, 6.07) is 9.37. The van der Waals surface area contributed by atoms with E-state index in [1.54, 1.807) is 24.3 Å². The molecule has 0 saturated heterocycles. The zero-order valence-electron chi connectivity index (χ0n) is 13.5. The maximum atomic E-state index is 12.1. The first kappa shape index (κ1) is 18.0. The second-order valence-electron chi connectivity index (χ2n) is 5.01. The molecular weight excluding hydrogens is 376 g/mol. The molecule has 2 N–H and O–H groups in total. The lowest BCUT2D eigenvalue weighted by atomic mass is 10.2. The molecule has 0 radical (unpaired) electrons. The van der Waals surface area contributed by atoms with Crippen molar-refractivity contribution in [2.75, 3.05) is 5.43 Å². The first-order valence-corrected chi connectivity index (χ1v) is 7.81. The molecule has 27 heavy (non-hydrogen) atoms. The number of halogens is 1. The number of hydrazine groups is 1. The summed E-state index contributed by atoms with van der Waals surface area (Å²) < 4.78 is 5.39. The summed E-state index contributed by atoms with van der Waals surface area (Å²) in [7, 11) is 0. The van der Waals surface area contributed by atoms with E-state index in [2.05, 4.69) is 25.8 Å². The number of rotatable bonds is 6. The van der Waals surface area contributed by atoms with Crippen LogP contribution >= 0.6 is 11.6 Å². The highest BCUT2D eigenvalue weighted by Crippen LogP contribution is 2.33. The Morgan fingerprint density at radius 1 is 1.22 bits per heavy atom. The molecule has 0 spiro atoms. The molecule has 1 aromatic carbocycles. The molecule has 0 unspecified atom stereocenters. The number of ether oxygens (including phenoxy) is 1. The Bertz CT molecular complexity index is 986. The number of nitrogens with zero attached hydrogens (tertiary/aromatic N) is 4. The molecule has 11 heteroatoms. The number of hydrogen-bond acceptors (Lipinski definition) is 8. The van der Waals surface area contributed by atoms with Crippen LogP contribution in [0.15, 0.2) is 55.1 Å². The minimum absolute atomic E-state index is 0.246. The van der Waals surface area contributed by atoms with Gasteiger partial charge >= 0.3 is 11.6 Å². The number of pyridine rings is 1. The van der Waals surface area contributed by atoms with E-state index in [-0.39, 0.29) is 23.0 Å². The summed E-state index contributed by atoms with van der Waals surface area (Å²) >= 11 is 5.84. The number of aromatic nitrogens is 3. The number of nitrogens with one attached hydrogen (secondary N) is 2. The van der Waals surface area contributed by atoms with Gasteiger partial charge in [-0.05, 0) is 30.3 Å². The lowest BCUT2D eigenvalue weighted by Gasteiger charge is -2.10. The molecule has 0 aliphatic heterocycles. The van der Waals surface area contributed by atoms with Crippen LogP contribution in [-0.4, -0.2) is 25.8 Å². The van der Waals surface area contributed by atoms with E-state index in [4.69, 9.17) is 16.3 Å². The summed E-state index contributed by atoms with van der Waals surface area (Å²) in [5.74, 6) is -0.847. The van der Waals surface area contributed by atoms with Crippen LogP contribution in [0.1, 0.15) is 10.4 Å². The molecule has 0 saturated carbocycles. The van der Waals surface area contributed by atoms with Gasteiger partial charge in [-0.15, -0.1) is 0 Å². The van der Waals surface area contributed by atoms with Crippen LogP contribution in [0.5, 0.6) is 11.6 Å². The van der Waals surface area contributed by atoms with Crippen molar-refractivity contribution in [1.29, 1.82) is 0 Å². The largest absolute Gasteiger partial charge is 0.432 e. The van der Waals surface area contributed by atoms with Crippen molar-refractivity contribution < 1.29 is 14.5 Å². The molecule has 3 aromatic rings. The highest BCUT2D eigenvalue weighted by molar-refractivity contribution is 6.30. The maximum absolute atomic E-state index is 12.1. The fourth-order valence-corrected chi connectivity index (χ4v) is 2.22. The Morgan fingerprint density at radius 2 is 2.07 bits per heavy atom. The molecule has 0 fully saturated rings. The van der Waals surface area contributed by atoms with Crippen molar-refractivity contribution in [3.8, 4) is 11.6 Å². The molecule has 136 valence electrons. The number of hydrogen-bond donors (Lipinski definition) is 2. The third kappa shape index (κ3) is 4.44. The predicted molar refractivity (Wildman–Crippen MR) is 95.5 cm³/mol. The average molecular weight is 387 g/mol. The Balaban J connectivity index is 1.82. The van der Waals surface area contributed by atoms with Crippen molar-refractivity contribution in [3.05, 3.63) is 75.8 Å². The number of nitro groups is 1. The number of benzene rings is 1. The van der Waals surface area contributed by atoms with Gasteiger partial charge in [-0.1, -0.05) is 17.7 Å². The lowest BCUT2D eigenvalue weighted by molar-refractivity contribution is -0.385. The van der Waals surface area contributed by atoms with Crippen molar-refractivity contribution in [3.63, 3.8) is 0 Å². The number of anilines is 1. The van der Waals surface area contributed by atoms with Crippen LogP contribution < -0.4 is 15.6 Å². The van der Waals surface area contributed by atoms with E-state index >= 15 is 0 Å². The van der Waals surface area contributed by atoms with Gasteiger partial charge in [0.25, 0.3) is 5.91 Å². The Morgan fingerprint density at radius 3 is 2.78 bits per heavy atom. The smallest absolute Gasteiger partial charge is 0.374 e. The molecule has 10 nitrogen and oxygen atoms in total. The minimum atomic E-state index is -0.723. The third-order valence-electron chi connectivity index (χ3n) is 3.20. The van der Waals surface area contributed by atoms with Crippen molar-refractivity contribution in [1.82, 2.24) is 20.4 Å². The van der Waals surface area contributed by atoms with Crippen molar-refractivity contribution in [2.24, 2.45) is 0 Å². The van der Waals surface area contributed by atoms with Gasteiger partial charge in [-0.3, -0.25) is 30.7 Å². The van der Waals surface area contributed by atoms with Crippen LogP contribution in [-0.2, 0) is 0 Å². The van der Waals surface area contributed by atoms with E-state index in [9.17, 15) is 14.9 Å². The Labute approximate surface area is 157 Å². The second-order valence-corrected chi connectivity index (χ2v) is 5.45. The van der Waals surface area contributed by atoms with E-state index in [0.29, 0.717) is 5.02 Å². The summed E-state index contributed by atoms with van der Waals surface area (Å²) in [6.07, 6.45) is 3.96. The van der Waals surface area contributed by atoms with Crippen LogP contribution in [0.25, 0.3) is 0 Å². The molecule has 0 aliphatic rings. The van der Waals surface area contributed by atoms with Gasteiger partial charge in [0, 0.05) is 16.8 Å². The molecule has 1 amide bonds. The molecular formula is C16H11ClN6O4. The fourth-order valence-electron chi connectivity index (χ4n) is 2.03. The number of carbonyl (C=O) groups is 1. The third-order valence-corrected chi connectivity index (χ3v) is 3.44. The SMILES string of the molecule is O=C(NNc1ncnc(Oc2cccnc2)c1[N+](=O)[O-])c1cccc(Cl)c1. The zero-order valence-corrected chi connectivity index (χ0v) is 14.3. The highest BCUT2D eigenvalue weighted by atomic mass is 35.5. The van der Waals surface area contributed by atoms with Crippen LogP contribution in [0.4, 0.5) is 11.5 Å². The van der Waals surface area contributed by atoms with Gasteiger partial charge in [0.2, 0.25) is 5.82 Å². The van der Waals surface area contributed by atoms with E-state index in [0.717, 1.165) is 6.33 Å². The molecule has 3 rings (SSSR count). The number of carbonyl (C=O) groups excluding carboxylic acids is 1. The van der Waals surface area contributed by atoms with E-state index in [1.807, 2.05) is 0 Å². The second kappa shape index (κ2) is 8.06. The van der Waals surface area contributed by atoms with Crippen LogP contribution in [0, 0.1) is 10.1 Å². The average Bonchev–Trinajstić information content (AvgIpc) is 2.66. The van der Waals surface area contributed by atoms with Crippen molar-refractivity contribution in [2.45, 2.75) is 0 Å². The normalized spacial score (nSPS) is 10.1. The first-order chi connectivity index (χ1) is 13.0. The summed E-state index contributed by atoms with van der Waals surface area (Å²) in [5, 5.41) is 11.8. The summed E-state index contributed by atoms with van der Waals surface area (Å²) in [6.45, 7) is 0. The molecule has 0 bridgehead atoms. The van der Waals surface area contributed by atoms with Gasteiger partial charge in [0.1, 0.15) is 12.1 Å². The Hall–Kier alpha value is -3.79. The minimum Gasteiger partial charge on any atom is -0.432 e. The summed E-state index contributed by atoms with van der Waals surface area (Å²) in [4.78, 5) is 34.3. The van der Waals surface area contributed by atoms with E-state index < -0.39 is 16.5 Å². The quantitative estimate of drug-likeness (QED) is 0.488. The highest BCUT2D eigenvalue weighted by Gasteiger charge is 2.25. The maximum Gasteiger partial charge on any atom is 0.374 e. The lowest BCUT2D eigenvalue weighted by Crippen LogP contribution is -2.30. The standard InChI is InChI=1S/C16H11ClN6O4/c17-11-4-1-3-10(7-11)15(24)22-21-14-13(23(25)26)16(20-9-19-14)27-12-5-2-6-18-8-12/h1-9H,(H,22,24)(H,19,20,21). The molecule has 0 aliphatic carbocycles. The summed E-state index contributed by atoms with van der Waals surface area (Å²) in [5.41, 5.74) is 4.44. The van der Waals surface area contributed by atoms with E-state index in [1.165, 1.54) is 24.5 Å². The first-order valence-electron chi connectivity index (χ1n) is 7.44. The van der Waals surface area contributed by atoms with Gasteiger partial charge in [-0.25, -0.2) is 4.98 Å².